The van der Waals surface area contributed by atoms with Gasteiger partial charge in [0.1, 0.15) is 0 Å². The van der Waals surface area contributed by atoms with E-state index < -0.39 is 11.6 Å². The van der Waals surface area contributed by atoms with Crippen molar-refractivity contribution in [3.63, 3.8) is 0 Å². The first-order valence-electron chi connectivity index (χ1n) is 6.49. The molecule has 6 heteroatoms. The molecule has 2 amide bonds. The molecule has 0 aliphatic rings. The Kier molecular flexibility index (Phi) is 5.22. The Morgan fingerprint density at radius 2 is 2.14 bits per heavy atom. The molecule has 0 fully saturated rings. The smallest absolute Gasteiger partial charge is 0.319 e. The molecule has 0 saturated carbocycles. The van der Waals surface area contributed by atoms with E-state index in [1.165, 1.54) is 0 Å². The molecule has 1 heterocycles. The van der Waals surface area contributed by atoms with Crippen LogP contribution in [0, 0.1) is 0 Å². The fourth-order valence-electron chi connectivity index (χ4n) is 1.90. The SMILES string of the molecule is CC(O)(CNC(=O)Nc1ccccc1Cl)Cc1ccsc1. The van der Waals surface area contributed by atoms with Gasteiger partial charge in [0.05, 0.1) is 16.3 Å². The van der Waals surface area contributed by atoms with Crippen LogP contribution < -0.4 is 10.6 Å². The second kappa shape index (κ2) is 6.93. The highest BCUT2D eigenvalue weighted by Gasteiger charge is 2.22. The fraction of sp³-hybridized carbons (Fsp3) is 0.267. The number of amides is 2. The Hall–Kier alpha value is -1.56. The maximum absolute atomic E-state index is 11.8. The molecule has 2 aromatic rings. The first-order valence-corrected chi connectivity index (χ1v) is 7.81. The number of carbonyl (C=O) groups excluding carboxylic acids is 1. The lowest BCUT2D eigenvalue weighted by Crippen LogP contribution is -2.43. The zero-order valence-corrected chi connectivity index (χ0v) is 13.2. The van der Waals surface area contributed by atoms with Crippen LogP contribution in [-0.2, 0) is 6.42 Å². The summed E-state index contributed by atoms with van der Waals surface area (Å²) in [6.45, 7) is 1.85. The highest BCUT2D eigenvalue weighted by atomic mass is 35.5. The van der Waals surface area contributed by atoms with Crippen molar-refractivity contribution in [2.45, 2.75) is 18.9 Å². The monoisotopic (exact) mass is 324 g/mol. The Morgan fingerprint density at radius 1 is 1.38 bits per heavy atom. The number of anilines is 1. The number of hydrogen-bond acceptors (Lipinski definition) is 3. The molecule has 1 atom stereocenters. The molecule has 4 nitrogen and oxygen atoms in total. The zero-order chi connectivity index (χ0) is 15.3. The Labute approximate surface area is 132 Å². The zero-order valence-electron chi connectivity index (χ0n) is 11.6. The molecule has 1 aromatic heterocycles. The van der Waals surface area contributed by atoms with Crippen molar-refractivity contribution in [1.82, 2.24) is 5.32 Å². The fourth-order valence-corrected chi connectivity index (χ4v) is 2.75. The summed E-state index contributed by atoms with van der Waals surface area (Å²) in [5, 5.41) is 20.0. The number of aliphatic hydroxyl groups is 1. The number of carbonyl (C=O) groups is 1. The summed E-state index contributed by atoms with van der Waals surface area (Å²) in [6, 6.07) is 8.55. The molecule has 2 rings (SSSR count). The van der Waals surface area contributed by atoms with Crippen LogP contribution in [0.3, 0.4) is 0 Å². The number of hydrogen-bond donors (Lipinski definition) is 3. The molecule has 3 N–H and O–H groups in total. The molecule has 1 aromatic carbocycles. The van der Waals surface area contributed by atoms with Crippen LogP contribution in [0.1, 0.15) is 12.5 Å². The van der Waals surface area contributed by atoms with E-state index in [0.717, 1.165) is 5.56 Å². The lowest BCUT2D eigenvalue weighted by atomic mass is 9.98. The van der Waals surface area contributed by atoms with Crippen LogP contribution in [0.5, 0.6) is 0 Å². The lowest BCUT2D eigenvalue weighted by Gasteiger charge is -2.23. The van der Waals surface area contributed by atoms with Gasteiger partial charge in [0.2, 0.25) is 0 Å². The predicted molar refractivity (Wildman–Crippen MR) is 87.1 cm³/mol. The maximum Gasteiger partial charge on any atom is 0.319 e. The lowest BCUT2D eigenvalue weighted by molar-refractivity contribution is 0.0631. The van der Waals surface area contributed by atoms with Gasteiger partial charge in [-0.25, -0.2) is 4.79 Å². The van der Waals surface area contributed by atoms with Gasteiger partial charge in [0, 0.05) is 13.0 Å². The van der Waals surface area contributed by atoms with Gasteiger partial charge >= 0.3 is 6.03 Å². The highest BCUT2D eigenvalue weighted by Crippen LogP contribution is 2.20. The van der Waals surface area contributed by atoms with Crippen molar-refractivity contribution in [3.05, 3.63) is 51.7 Å². The summed E-state index contributed by atoms with van der Waals surface area (Å²) in [6.07, 6.45) is 0.489. The van der Waals surface area contributed by atoms with Crippen LogP contribution in [0.4, 0.5) is 10.5 Å². The molecular weight excluding hydrogens is 308 g/mol. The van der Waals surface area contributed by atoms with Gasteiger partial charge < -0.3 is 15.7 Å². The molecule has 112 valence electrons. The van der Waals surface area contributed by atoms with E-state index in [1.807, 2.05) is 16.8 Å². The Morgan fingerprint density at radius 3 is 2.81 bits per heavy atom. The van der Waals surface area contributed by atoms with E-state index >= 15 is 0 Å². The number of para-hydroxylation sites is 1. The summed E-state index contributed by atoms with van der Waals surface area (Å²) >= 11 is 7.55. The van der Waals surface area contributed by atoms with Crippen molar-refractivity contribution >= 4 is 34.7 Å². The highest BCUT2D eigenvalue weighted by molar-refractivity contribution is 7.07. The normalized spacial score (nSPS) is 13.5. The first kappa shape index (κ1) is 15.8. The maximum atomic E-state index is 11.8. The van der Waals surface area contributed by atoms with Gasteiger partial charge in [-0.15, -0.1) is 0 Å². The predicted octanol–water partition coefficient (Wildman–Crippen LogP) is 3.52. The summed E-state index contributed by atoms with van der Waals surface area (Å²) in [5.41, 5.74) is 0.589. The summed E-state index contributed by atoms with van der Waals surface area (Å²) in [5.74, 6) is 0. The second-order valence-electron chi connectivity index (χ2n) is 5.09. The molecule has 0 aliphatic heterocycles. The average Bonchev–Trinajstić information content (AvgIpc) is 2.91. The van der Waals surface area contributed by atoms with Gasteiger partial charge in [0.25, 0.3) is 0 Å². The number of thiophene rings is 1. The van der Waals surface area contributed by atoms with Crippen LogP contribution in [0.25, 0.3) is 0 Å². The minimum Gasteiger partial charge on any atom is -0.388 e. The van der Waals surface area contributed by atoms with Gasteiger partial charge in [-0.3, -0.25) is 0 Å². The third-order valence-electron chi connectivity index (χ3n) is 2.92. The van der Waals surface area contributed by atoms with Crippen molar-refractivity contribution in [3.8, 4) is 0 Å². The van der Waals surface area contributed by atoms with Crippen LogP contribution in [0.15, 0.2) is 41.1 Å². The van der Waals surface area contributed by atoms with Crippen molar-refractivity contribution in [1.29, 1.82) is 0 Å². The number of rotatable bonds is 5. The number of nitrogens with one attached hydrogen (secondary N) is 2. The Balaban J connectivity index is 1.84. The van der Waals surface area contributed by atoms with Crippen LogP contribution >= 0.6 is 22.9 Å². The van der Waals surface area contributed by atoms with E-state index in [4.69, 9.17) is 11.6 Å². The molecule has 0 bridgehead atoms. The third-order valence-corrected chi connectivity index (χ3v) is 3.98. The van der Waals surface area contributed by atoms with Gasteiger partial charge in [-0.05, 0) is 41.4 Å². The number of urea groups is 1. The van der Waals surface area contributed by atoms with Crippen molar-refractivity contribution in [2.75, 3.05) is 11.9 Å². The van der Waals surface area contributed by atoms with Gasteiger partial charge in [-0.2, -0.15) is 11.3 Å². The number of halogens is 1. The van der Waals surface area contributed by atoms with Crippen molar-refractivity contribution in [2.24, 2.45) is 0 Å². The van der Waals surface area contributed by atoms with E-state index in [2.05, 4.69) is 10.6 Å². The molecule has 21 heavy (non-hydrogen) atoms. The van der Waals surface area contributed by atoms with Crippen molar-refractivity contribution < 1.29 is 9.90 Å². The summed E-state index contributed by atoms with van der Waals surface area (Å²) in [7, 11) is 0. The van der Waals surface area contributed by atoms with E-state index in [-0.39, 0.29) is 6.54 Å². The Bertz CT molecular complexity index is 599. The van der Waals surface area contributed by atoms with E-state index in [9.17, 15) is 9.90 Å². The molecule has 0 radical (unpaired) electrons. The standard InChI is InChI=1S/C15H17ClN2O2S/c1-15(20,8-11-6-7-21-9-11)10-17-14(19)18-13-5-3-2-4-12(13)16/h2-7,9,20H,8,10H2,1H3,(H2,17,18,19). The second-order valence-corrected chi connectivity index (χ2v) is 6.28. The molecule has 0 aliphatic carbocycles. The average molecular weight is 325 g/mol. The van der Waals surface area contributed by atoms with Gasteiger partial charge in [0.15, 0.2) is 0 Å². The largest absolute Gasteiger partial charge is 0.388 e. The topological polar surface area (TPSA) is 61.4 Å². The summed E-state index contributed by atoms with van der Waals surface area (Å²) in [4.78, 5) is 11.8. The molecule has 0 spiro atoms. The molecule has 1 unspecified atom stereocenters. The first-order chi connectivity index (χ1) is 9.96. The van der Waals surface area contributed by atoms with Crippen LogP contribution in [0.2, 0.25) is 5.02 Å². The third kappa shape index (κ3) is 5.04. The minimum absolute atomic E-state index is 0.152. The quantitative estimate of drug-likeness (QED) is 0.788. The van der Waals surface area contributed by atoms with E-state index in [1.54, 1.807) is 42.5 Å². The molecular formula is C15H17ClN2O2S. The van der Waals surface area contributed by atoms with Crippen LogP contribution in [-0.4, -0.2) is 23.3 Å². The van der Waals surface area contributed by atoms with Gasteiger partial charge in [-0.1, -0.05) is 23.7 Å². The number of benzene rings is 1. The summed E-state index contributed by atoms with van der Waals surface area (Å²) < 4.78 is 0. The molecule has 0 saturated heterocycles. The minimum atomic E-state index is -1.00. The van der Waals surface area contributed by atoms with E-state index in [0.29, 0.717) is 17.1 Å².